The van der Waals surface area contributed by atoms with Crippen molar-refractivity contribution >= 4 is 11.8 Å². The first-order valence-electron chi connectivity index (χ1n) is 6.34. The fraction of sp³-hybridized carbons (Fsp3) is 0.500. The third kappa shape index (κ3) is 2.80. The van der Waals surface area contributed by atoms with Crippen molar-refractivity contribution in [2.75, 3.05) is 18.0 Å². The maximum Gasteiger partial charge on any atom is 0.404 e. The Kier molecular flexibility index (Phi) is 3.39. The van der Waals surface area contributed by atoms with Gasteiger partial charge < -0.3 is 15.3 Å². The fourth-order valence-corrected chi connectivity index (χ4v) is 2.72. The molecule has 0 saturated heterocycles. The van der Waals surface area contributed by atoms with Gasteiger partial charge in [0.2, 0.25) is 0 Å². The van der Waals surface area contributed by atoms with Crippen molar-refractivity contribution in [3.8, 4) is 0 Å². The van der Waals surface area contributed by atoms with Crippen molar-refractivity contribution in [1.82, 2.24) is 5.32 Å². The molecule has 1 aromatic carbocycles. The molecule has 19 heavy (non-hydrogen) atoms. The lowest BCUT2D eigenvalue weighted by atomic mass is 9.87. The molecule has 0 spiro atoms. The second-order valence-electron chi connectivity index (χ2n) is 5.78. The molecule has 1 aliphatic rings. The van der Waals surface area contributed by atoms with Gasteiger partial charge in [-0.05, 0) is 30.7 Å². The van der Waals surface area contributed by atoms with E-state index in [1.165, 1.54) is 6.07 Å². The number of nitrogens with zero attached hydrogens (tertiary/aromatic N) is 1. The Morgan fingerprint density at radius 3 is 2.89 bits per heavy atom. The molecule has 0 unspecified atom stereocenters. The summed E-state index contributed by atoms with van der Waals surface area (Å²) in [5.74, 6) is -0.231. The van der Waals surface area contributed by atoms with E-state index in [4.69, 9.17) is 5.11 Å². The highest BCUT2D eigenvalue weighted by Crippen LogP contribution is 2.40. The van der Waals surface area contributed by atoms with Gasteiger partial charge in [-0.15, -0.1) is 0 Å². The molecule has 4 nitrogen and oxygen atoms in total. The number of rotatable bonds is 3. The summed E-state index contributed by atoms with van der Waals surface area (Å²) in [7, 11) is 0. The molecule has 0 radical (unpaired) electrons. The summed E-state index contributed by atoms with van der Waals surface area (Å²) in [6.07, 6.45) is -1.02. The SMILES string of the molecule is C[C@@H](CN1CC(C)(C)c2cc(F)ccc21)NC(=O)O. The monoisotopic (exact) mass is 266 g/mol. The molecule has 0 bridgehead atoms. The van der Waals surface area contributed by atoms with Gasteiger partial charge in [-0.2, -0.15) is 0 Å². The number of benzene rings is 1. The van der Waals surface area contributed by atoms with Gasteiger partial charge in [0.15, 0.2) is 0 Å². The highest BCUT2D eigenvalue weighted by molar-refractivity contribution is 5.65. The van der Waals surface area contributed by atoms with Gasteiger partial charge in [0.05, 0.1) is 0 Å². The maximum absolute atomic E-state index is 13.4. The number of hydrogen-bond acceptors (Lipinski definition) is 2. The van der Waals surface area contributed by atoms with E-state index in [1.54, 1.807) is 12.1 Å². The van der Waals surface area contributed by atoms with Crippen LogP contribution in [-0.4, -0.2) is 30.3 Å². The lowest BCUT2D eigenvalue weighted by Gasteiger charge is -2.25. The van der Waals surface area contributed by atoms with Gasteiger partial charge in [-0.3, -0.25) is 0 Å². The molecular formula is C14H19FN2O2. The topological polar surface area (TPSA) is 52.6 Å². The fourth-order valence-electron chi connectivity index (χ4n) is 2.72. The molecule has 0 saturated carbocycles. The van der Waals surface area contributed by atoms with Crippen LogP contribution in [0, 0.1) is 5.82 Å². The number of carboxylic acid groups (broad SMARTS) is 1. The summed E-state index contributed by atoms with van der Waals surface area (Å²) in [6.45, 7) is 7.30. The minimum atomic E-state index is -1.02. The minimum absolute atomic E-state index is 0.125. The van der Waals surface area contributed by atoms with Crippen molar-refractivity contribution in [3.63, 3.8) is 0 Å². The zero-order valence-electron chi connectivity index (χ0n) is 11.4. The minimum Gasteiger partial charge on any atom is -0.465 e. The molecule has 0 fully saturated rings. The Labute approximate surface area is 112 Å². The van der Waals surface area contributed by atoms with Gasteiger partial charge in [0.25, 0.3) is 0 Å². The summed E-state index contributed by atoms with van der Waals surface area (Å²) in [4.78, 5) is 12.7. The first kappa shape index (κ1) is 13.6. The molecule has 1 aromatic rings. The molecule has 2 N–H and O–H groups in total. The first-order chi connectivity index (χ1) is 8.79. The normalized spacial score (nSPS) is 18.0. The zero-order valence-corrected chi connectivity index (χ0v) is 11.4. The van der Waals surface area contributed by atoms with E-state index in [0.717, 1.165) is 17.8 Å². The first-order valence-corrected chi connectivity index (χ1v) is 6.34. The Morgan fingerprint density at radius 1 is 1.58 bits per heavy atom. The smallest absolute Gasteiger partial charge is 0.404 e. The van der Waals surface area contributed by atoms with Gasteiger partial charge in [-0.25, -0.2) is 9.18 Å². The standard InChI is InChI=1S/C14H19FN2O2/c1-9(16-13(18)19)7-17-8-14(2,3)11-6-10(15)4-5-12(11)17/h4-6,9,16H,7-8H2,1-3H3,(H,18,19)/t9-/m0/s1. The average molecular weight is 266 g/mol. The van der Waals surface area contributed by atoms with Crippen LogP contribution in [0.25, 0.3) is 0 Å². The number of carbonyl (C=O) groups is 1. The Morgan fingerprint density at radius 2 is 2.26 bits per heavy atom. The van der Waals surface area contributed by atoms with E-state index < -0.39 is 6.09 Å². The number of anilines is 1. The number of halogens is 1. The molecule has 1 amide bonds. The van der Waals surface area contributed by atoms with Crippen LogP contribution < -0.4 is 10.2 Å². The molecule has 1 heterocycles. The third-order valence-corrected chi connectivity index (χ3v) is 3.48. The van der Waals surface area contributed by atoms with Crippen LogP contribution in [0.15, 0.2) is 18.2 Å². The van der Waals surface area contributed by atoms with Gasteiger partial charge >= 0.3 is 6.09 Å². The van der Waals surface area contributed by atoms with Crippen molar-refractivity contribution in [3.05, 3.63) is 29.6 Å². The van der Waals surface area contributed by atoms with Crippen LogP contribution in [0.1, 0.15) is 26.3 Å². The lowest BCUT2D eigenvalue weighted by molar-refractivity contribution is 0.191. The molecule has 0 aromatic heterocycles. The van der Waals surface area contributed by atoms with Crippen LogP contribution >= 0.6 is 0 Å². The Bertz CT molecular complexity index is 502. The van der Waals surface area contributed by atoms with E-state index in [0.29, 0.717) is 6.54 Å². The predicted octanol–water partition coefficient (Wildman–Crippen LogP) is 2.58. The summed E-state index contributed by atoms with van der Waals surface area (Å²) in [5, 5.41) is 11.2. The largest absolute Gasteiger partial charge is 0.465 e. The maximum atomic E-state index is 13.4. The second kappa shape index (κ2) is 4.72. The lowest BCUT2D eigenvalue weighted by Crippen LogP contribution is -2.42. The highest BCUT2D eigenvalue weighted by Gasteiger charge is 2.35. The second-order valence-corrected chi connectivity index (χ2v) is 5.78. The summed E-state index contributed by atoms with van der Waals surface area (Å²) < 4.78 is 13.4. The van der Waals surface area contributed by atoms with E-state index in [2.05, 4.69) is 24.1 Å². The van der Waals surface area contributed by atoms with Crippen LogP contribution in [0.4, 0.5) is 14.9 Å². The van der Waals surface area contributed by atoms with E-state index in [9.17, 15) is 9.18 Å². The van der Waals surface area contributed by atoms with Crippen molar-refractivity contribution in [2.24, 2.45) is 0 Å². The molecule has 1 aliphatic heterocycles. The number of nitrogens with one attached hydrogen (secondary N) is 1. The summed E-state index contributed by atoms with van der Waals surface area (Å²) in [5.41, 5.74) is 1.85. The van der Waals surface area contributed by atoms with Crippen LogP contribution in [0.5, 0.6) is 0 Å². The van der Waals surface area contributed by atoms with Crippen LogP contribution in [0.2, 0.25) is 0 Å². The Balaban J connectivity index is 2.20. The quantitative estimate of drug-likeness (QED) is 0.884. The van der Waals surface area contributed by atoms with Crippen LogP contribution in [0.3, 0.4) is 0 Å². The van der Waals surface area contributed by atoms with Crippen molar-refractivity contribution in [1.29, 1.82) is 0 Å². The van der Waals surface area contributed by atoms with E-state index in [-0.39, 0.29) is 17.3 Å². The van der Waals surface area contributed by atoms with Crippen molar-refractivity contribution in [2.45, 2.75) is 32.2 Å². The number of fused-ring (bicyclic) bond motifs is 1. The molecule has 104 valence electrons. The molecular weight excluding hydrogens is 247 g/mol. The van der Waals surface area contributed by atoms with Gasteiger partial charge in [0, 0.05) is 30.2 Å². The molecule has 5 heteroatoms. The molecule has 2 rings (SSSR count). The average Bonchev–Trinajstić information content (AvgIpc) is 2.49. The highest BCUT2D eigenvalue weighted by atomic mass is 19.1. The molecule has 0 aliphatic carbocycles. The molecule has 1 atom stereocenters. The zero-order chi connectivity index (χ0) is 14.2. The summed E-state index contributed by atoms with van der Waals surface area (Å²) >= 11 is 0. The number of amides is 1. The van der Waals surface area contributed by atoms with Gasteiger partial charge in [-0.1, -0.05) is 13.8 Å². The predicted molar refractivity (Wildman–Crippen MR) is 72.3 cm³/mol. The number of hydrogen-bond donors (Lipinski definition) is 2. The van der Waals surface area contributed by atoms with Crippen molar-refractivity contribution < 1.29 is 14.3 Å². The van der Waals surface area contributed by atoms with Gasteiger partial charge in [0.1, 0.15) is 5.82 Å². The Hall–Kier alpha value is -1.78. The summed E-state index contributed by atoms with van der Waals surface area (Å²) in [6, 6.07) is 4.62. The van der Waals surface area contributed by atoms with E-state index >= 15 is 0 Å². The third-order valence-electron chi connectivity index (χ3n) is 3.48. The van der Waals surface area contributed by atoms with Crippen LogP contribution in [-0.2, 0) is 5.41 Å². The van der Waals surface area contributed by atoms with E-state index in [1.807, 2.05) is 6.92 Å².